The zero-order chi connectivity index (χ0) is 10.5. The van der Waals surface area contributed by atoms with Gasteiger partial charge in [0.25, 0.3) is 0 Å². The molecule has 0 unspecified atom stereocenters. The highest BCUT2D eigenvalue weighted by Gasteiger charge is 2.13. The molecule has 0 saturated carbocycles. The maximum atomic E-state index is 5.59. The molecule has 0 aliphatic rings. The molecule has 0 aromatic carbocycles. The van der Waals surface area contributed by atoms with Gasteiger partial charge in [-0.1, -0.05) is 34.6 Å². The summed E-state index contributed by atoms with van der Waals surface area (Å²) in [5, 5.41) is 0. The Morgan fingerprint density at radius 2 is 1.64 bits per heavy atom. The van der Waals surface area contributed by atoms with Crippen molar-refractivity contribution < 1.29 is 5.48 Å². The number of aromatic nitrogens is 1. The van der Waals surface area contributed by atoms with Crippen molar-refractivity contribution in [2.45, 2.75) is 40.0 Å². The van der Waals surface area contributed by atoms with E-state index in [0.29, 0.717) is 0 Å². The molecule has 1 aromatic heterocycles. The van der Waals surface area contributed by atoms with E-state index in [0.717, 1.165) is 5.69 Å². The molecule has 0 amide bonds. The van der Waals surface area contributed by atoms with Crippen LogP contribution in [-0.4, -0.2) is 10.5 Å². The maximum absolute atomic E-state index is 5.59. The second-order valence-corrected chi connectivity index (χ2v) is 3.76. The van der Waals surface area contributed by atoms with Crippen molar-refractivity contribution >= 4 is 5.69 Å². The third-order valence-corrected chi connectivity index (χ3v) is 1.63. The lowest BCUT2D eigenvalue weighted by Crippen LogP contribution is -2.11. The average Bonchev–Trinajstić information content (AvgIpc) is 2.06. The summed E-state index contributed by atoms with van der Waals surface area (Å²) < 4.78 is 0. The van der Waals surface area contributed by atoms with Crippen molar-refractivity contribution in [3.05, 3.63) is 24.0 Å². The van der Waals surface area contributed by atoms with Gasteiger partial charge >= 0.3 is 0 Å². The zero-order valence-corrected chi connectivity index (χ0v) is 9.76. The smallest absolute Gasteiger partial charge is 0.0503 e. The van der Waals surface area contributed by atoms with Gasteiger partial charge in [0.05, 0.1) is 5.69 Å². The molecule has 0 saturated heterocycles. The van der Waals surface area contributed by atoms with Crippen molar-refractivity contribution in [2.75, 3.05) is 5.73 Å². The standard InChI is InChI=1S/C9H14N2.C2H6.H2O/c1-9(2,3)7-4-8(10)6-11-5-7;1-2;/h4-6H,10H2,1-3H3;1-2H3;1H2. The van der Waals surface area contributed by atoms with Gasteiger partial charge in [-0.15, -0.1) is 0 Å². The SMILES string of the molecule is CC.CC(C)(C)c1cncc(N)c1.O. The van der Waals surface area contributed by atoms with Gasteiger partial charge in [-0.3, -0.25) is 4.98 Å². The number of rotatable bonds is 0. The quantitative estimate of drug-likeness (QED) is 0.694. The Morgan fingerprint density at radius 3 is 1.93 bits per heavy atom. The first-order valence-electron chi connectivity index (χ1n) is 4.71. The number of anilines is 1. The summed E-state index contributed by atoms with van der Waals surface area (Å²) in [7, 11) is 0. The molecule has 0 spiro atoms. The Labute approximate surface area is 86.7 Å². The van der Waals surface area contributed by atoms with E-state index in [1.54, 1.807) is 6.20 Å². The van der Waals surface area contributed by atoms with E-state index in [1.165, 1.54) is 5.56 Å². The van der Waals surface area contributed by atoms with Crippen LogP contribution in [0.25, 0.3) is 0 Å². The van der Waals surface area contributed by atoms with Crippen LogP contribution in [-0.2, 0) is 5.41 Å². The molecule has 1 heterocycles. The lowest BCUT2D eigenvalue weighted by molar-refractivity contribution is 0.588. The highest BCUT2D eigenvalue weighted by molar-refractivity contribution is 5.39. The van der Waals surface area contributed by atoms with E-state index < -0.39 is 0 Å². The summed E-state index contributed by atoms with van der Waals surface area (Å²) in [4.78, 5) is 4.03. The molecular formula is C11H22N2O. The predicted molar refractivity (Wildman–Crippen MR) is 62.3 cm³/mol. The lowest BCUT2D eigenvalue weighted by Gasteiger charge is -2.18. The molecule has 0 aliphatic heterocycles. The van der Waals surface area contributed by atoms with Crippen LogP contribution >= 0.6 is 0 Å². The Morgan fingerprint density at radius 1 is 1.14 bits per heavy atom. The van der Waals surface area contributed by atoms with Gasteiger partial charge in [0, 0.05) is 12.4 Å². The molecule has 14 heavy (non-hydrogen) atoms. The fraction of sp³-hybridized carbons (Fsp3) is 0.545. The number of pyridine rings is 1. The Kier molecular flexibility index (Phi) is 7.01. The van der Waals surface area contributed by atoms with Crippen LogP contribution in [0, 0.1) is 0 Å². The van der Waals surface area contributed by atoms with Crippen LogP contribution < -0.4 is 5.73 Å². The molecular weight excluding hydrogens is 176 g/mol. The summed E-state index contributed by atoms with van der Waals surface area (Å²) in [5.41, 5.74) is 7.65. The lowest BCUT2D eigenvalue weighted by atomic mass is 9.88. The first-order chi connectivity index (χ1) is 6.00. The largest absolute Gasteiger partial charge is 0.412 e. The highest BCUT2D eigenvalue weighted by Crippen LogP contribution is 2.22. The van der Waals surface area contributed by atoms with Gasteiger partial charge in [-0.2, -0.15) is 0 Å². The van der Waals surface area contributed by atoms with Gasteiger partial charge in [0.2, 0.25) is 0 Å². The van der Waals surface area contributed by atoms with Crippen LogP contribution in [0.15, 0.2) is 18.5 Å². The normalized spacial score (nSPS) is 9.50. The van der Waals surface area contributed by atoms with E-state index in [9.17, 15) is 0 Å². The molecule has 1 rings (SSSR count). The number of nitrogen functional groups attached to an aromatic ring is 1. The highest BCUT2D eigenvalue weighted by atomic mass is 16.0. The average molecular weight is 198 g/mol. The fourth-order valence-electron chi connectivity index (χ4n) is 0.868. The second kappa shape index (κ2) is 6.38. The van der Waals surface area contributed by atoms with Gasteiger partial charge < -0.3 is 11.2 Å². The molecule has 0 atom stereocenters. The van der Waals surface area contributed by atoms with E-state index in [2.05, 4.69) is 25.8 Å². The zero-order valence-electron chi connectivity index (χ0n) is 9.76. The topological polar surface area (TPSA) is 70.4 Å². The molecule has 0 fully saturated rings. The van der Waals surface area contributed by atoms with Crippen LogP contribution in [0.4, 0.5) is 5.69 Å². The van der Waals surface area contributed by atoms with Crippen molar-refractivity contribution in [2.24, 2.45) is 0 Å². The molecule has 0 aliphatic carbocycles. The molecule has 1 aromatic rings. The minimum Gasteiger partial charge on any atom is -0.412 e. The van der Waals surface area contributed by atoms with Crippen molar-refractivity contribution in [1.29, 1.82) is 0 Å². The van der Waals surface area contributed by atoms with Gasteiger partial charge in [-0.25, -0.2) is 0 Å². The summed E-state index contributed by atoms with van der Waals surface area (Å²) in [6.45, 7) is 10.4. The number of hydrogen-bond donors (Lipinski definition) is 1. The number of nitrogens with zero attached hydrogens (tertiary/aromatic N) is 1. The van der Waals surface area contributed by atoms with Crippen molar-refractivity contribution in [3.8, 4) is 0 Å². The van der Waals surface area contributed by atoms with Crippen LogP contribution in [0.2, 0.25) is 0 Å². The third-order valence-electron chi connectivity index (χ3n) is 1.63. The van der Waals surface area contributed by atoms with Crippen LogP contribution in [0.5, 0.6) is 0 Å². The Hall–Kier alpha value is -1.09. The van der Waals surface area contributed by atoms with Gasteiger partial charge in [0.15, 0.2) is 0 Å². The van der Waals surface area contributed by atoms with E-state index in [1.807, 2.05) is 26.1 Å². The summed E-state index contributed by atoms with van der Waals surface area (Å²) >= 11 is 0. The first-order valence-corrected chi connectivity index (χ1v) is 4.71. The molecule has 4 N–H and O–H groups in total. The summed E-state index contributed by atoms with van der Waals surface area (Å²) in [5.74, 6) is 0. The third kappa shape index (κ3) is 4.82. The van der Waals surface area contributed by atoms with Gasteiger partial charge in [-0.05, 0) is 17.0 Å². The molecule has 3 heteroatoms. The molecule has 0 bridgehead atoms. The van der Waals surface area contributed by atoms with E-state index in [4.69, 9.17) is 5.73 Å². The van der Waals surface area contributed by atoms with Gasteiger partial charge in [0.1, 0.15) is 0 Å². The van der Waals surface area contributed by atoms with Crippen LogP contribution in [0.3, 0.4) is 0 Å². The summed E-state index contributed by atoms with van der Waals surface area (Å²) in [6, 6.07) is 1.97. The van der Waals surface area contributed by atoms with Crippen molar-refractivity contribution in [3.63, 3.8) is 0 Å². The fourth-order valence-corrected chi connectivity index (χ4v) is 0.868. The van der Waals surface area contributed by atoms with Crippen molar-refractivity contribution in [1.82, 2.24) is 4.98 Å². The predicted octanol–water partition coefficient (Wildman–Crippen LogP) is 2.16. The molecule has 0 radical (unpaired) electrons. The Balaban J connectivity index is 0. The first kappa shape index (κ1) is 15.4. The Bertz CT molecular complexity index is 254. The number of nitrogens with two attached hydrogens (primary N) is 1. The number of hydrogen-bond acceptors (Lipinski definition) is 2. The van der Waals surface area contributed by atoms with E-state index in [-0.39, 0.29) is 10.9 Å². The minimum absolute atomic E-state index is 0. The maximum Gasteiger partial charge on any atom is 0.0503 e. The monoisotopic (exact) mass is 198 g/mol. The second-order valence-electron chi connectivity index (χ2n) is 3.76. The summed E-state index contributed by atoms with van der Waals surface area (Å²) in [6.07, 6.45) is 3.52. The van der Waals surface area contributed by atoms with Crippen LogP contribution in [0.1, 0.15) is 40.2 Å². The minimum atomic E-state index is 0. The molecule has 82 valence electrons. The van der Waals surface area contributed by atoms with E-state index >= 15 is 0 Å². The molecule has 3 nitrogen and oxygen atoms in total.